The third-order valence-corrected chi connectivity index (χ3v) is 4.16. The highest BCUT2D eigenvalue weighted by Crippen LogP contribution is 2.27. The van der Waals surface area contributed by atoms with E-state index >= 15 is 0 Å². The second kappa shape index (κ2) is 7.02. The lowest BCUT2D eigenvalue weighted by Crippen LogP contribution is -2.15. The van der Waals surface area contributed by atoms with Crippen LogP contribution in [0.15, 0.2) is 35.4 Å². The number of aromatic nitrogens is 1. The number of hydrogen-bond acceptors (Lipinski definition) is 4. The number of nitrogens with zero attached hydrogens (tertiary/aromatic N) is 1. The molecule has 1 amide bonds. The summed E-state index contributed by atoms with van der Waals surface area (Å²) in [4.78, 5) is 16.8. The van der Waals surface area contributed by atoms with Gasteiger partial charge in [0.05, 0.1) is 15.8 Å². The van der Waals surface area contributed by atoms with Gasteiger partial charge in [0.25, 0.3) is 0 Å². The summed E-state index contributed by atoms with van der Waals surface area (Å²) in [7, 11) is 0. The van der Waals surface area contributed by atoms with Crippen molar-refractivity contribution in [1.29, 1.82) is 0 Å². The van der Waals surface area contributed by atoms with Gasteiger partial charge in [-0.3, -0.25) is 4.79 Å². The number of amides is 1. The molecule has 1 heterocycles. The van der Waals surface area contributed by atoms with Gasteiger partial charge in [-0.2, -0.15) is 0 Å². The number of anilines is 2. The third-order valence-electron chi connectivity index (χ3n) is 2.59. The highest BCUT2D eigenvalue weighted by Gasteiger charge is 2.09. The second-order valence-electron chi connectivity index (χ2n) is 4.36. The number of halogens is 2. The first-order valence-corrected chi connectivity index (χ1v) is 7.79. The summed E-state index contributed by atoms with van der Waals surface area (Å²) in [6.07, 6.45) is 1.43. The molecule has 0 saturated carbocycles. The van der Waals surface area contributed by atoms with Gasteiger partial charge in [-0.25, -0.2) is 4.98 Å². The second-order valence-corrected chi connectivity index (χ2v) is 6.22. The standard InChI is InChI=1S/C14H13Cl2N3OS/c1-8-2-3-11(17)12(4-8)21-7-13(20)19-14-10(16)5-9(15)6-18-14/h2-6H,7,17H2,1H3,(H,18,19,20). The molecule has 0 aliphatic carbocycles. The average molecular weight is 342 g/mol. The number of nitrogens with two attached hydrogens (primary N) is 1. The number of aryl methyl sites for hydroxylation is 1. The van der Waals surface area contributed by atoms with Crippen molar-refractivity contribution in [3.05, 3.63) is 46.1 Å². The molecular formula is C14H13Cl2N3OS. The summed E-state index contributed by atoms with van der Waals surface area (Å²) in [5.74, 6) is 0.301. The molecule has 21 heavy (non-hydrogen) atoms. The number of pyridine rings is 1. The number of nitrogen functional groups attached to an aromatic ring is 1. The Morgan fingerprint density at radius 3 is 2.86 bits per heavy atom. The van der Waals surface area contributed by atoms with Crippen LogP contribution in [-0.2, 0) is 4.79 Å². The highest BCUT2D eigenvalue weighted by molar-refractivity contribution is 8.00. The zero-order valence-electron chi connectivity index (χ0n) is 11.2. The van der Waals surface area contributed by atoms with E-state index in [-0.39, 0.29) is 11.7 Å². The molecule has 0 spiro atoms. The molecular weight excluding hydrogens is 329 g/mol. The molecule has 7 heteroatoms. The Hall–Kier alpha value is -1.43. The van der Waals surface area contributed by atoms with Crippen LogP contribution in [0.25, 0.3) is 0 Å². The van der Waals surface area contributed by atoms with Gasteiger partial charge in [0, 0.05) is 16.8 Å². The first-order valence-electron chi connectivity index (χ1n) is 6.05. The fraction of sp³-hybridized carbons (Fsp3) is 0.143. The summed E-state index contributed by atoms with van der Waals surface area (Å²) < 4.78 is 0. The van der Waals surface area contributed by atoms with Crippen LogP contribution in [0.2, 0.25) is 10.0 Å². The van der Waals surface area contributed by atoms with Crippen LogP contribution in [0.5, 0.6) is 0 Å². The van der Waals surface area contributed by atoms with E-state index in [0.29, 0.717) is 21.6 Å². The molecule has 1 aromatic heterocycles. The number of carbonyl (C=O) groups excluding carboxylic acids is 1. The SMILES string of the molecule is Cc1ccc(N)c(SCC(=O)Nc2ncc(Cl)cc2Cl)c1. The minimum atomic E-state index is -0.211. The Labute approximate surface area is 137 Å². The lowest BCUT2D eigenvalue weighted by molar-refractivity contribution is -0.113. The monoisotopic (exact) mass is 341 g/mol. The zero-order valence-corrected chi connectivity index (χ0v) is 13.5. The molecule has 0 unspecified atom stereocenters. The molecule has 1 aromatic carbocycles. The Balaban J connectivity index is 1.97. The fourth-order valence-electron chi connectivity index (χ4n) is 1.58. The Bertz CT molecular complexity index is 679. The van der Waals surface area contributed by atoms with Crippen LogP contribution < -0.4 is 11.1 Å². The predicted molar refractivity (Wildman–Crippen MR) is 89.2 cm³/mol. The van der Waals surface area contributed by atoms with E-state index in [1.54, 1.807) is 0 Å². The maximum atomic E-state index is 11.9. The molecule has 2 aromatic rings. The Kier molecular flexibility index (Phi) is 5.33. The van der Waals surface area contributed by atoms with Crippen LogP contribution in [0.1, 0.15) is 5.56 Å². The minimum absolute atomic E-state index is 0.211. The van der Waals surface area contributed by atoms with Crippen LogP contribution >= 0.6 is 35.0 Å². The van der Waals surface area contributed by atoms with Crippen LogP contribution in [0.3, 0.4) is 0 Å². The van der Waals surface area contributed by atoms with Crippen LogP contribution in [0, 0.1) is 6.92 Å². The molecule has 110 valence electrons. The van der Waals surface area contributed by atoms with Crippen molar-refractivity contribution < 1.29 is 4.79 Å². The van der Waals surface area contributed by atoms with Crippen molar-refractivity contribution in [1.82, 2.24) is 4.98 Å². The molecule has 0 bridgehead atoms. The maximum absolute atomic E-state index is 11.9. The summed E-state index contributed by atoms with van der Waals surface area (Å²) in [6.45, 7) is 1.97. The molecule has 0 aliphatic heterocycles. The zero-order chi connectivity index (χ0) is 15.4. The van der Waals surface area contributed by atoms with Crippen LogP contribution in [0.4, 0.5) is 11.5 Å². The van der Waals surface area contributed by atoms with Crippen molar-refractivity contribution in [2.45, 2.75) is 11.8 Å². The van der Waals surface area contributed by atoms with E-state index in [1.807, 2.05) is 25.1 Å². The molecule has 0 aliphatic rings. The number of hydrogen-bond donors (Lipinski definition) is 2. The molecule has 0 fully saturated rings. The van der Waals surface area contributed by atoms with E-state index in [0.717, 1.165) is 10.5 Å². The summed E-state index contributed by atoms with van der Waals surface area (Å²) in [5.41, 5.74) is 7.61. The maximum Gasteiger partial charge on any atom is 0.235 e. The minimum Gasteiger partial charge on any atom is -0.398 e. The lowest BCUT2D eigenvalue weighted by atomic mass is 10.2. The van der Waals surface area contributed by atoms with Gasteiger partial charge in [0.1, 0.15) is 0 Å². The van der Waals surface area contributed by atoms with Gasteiger partial charge in [-0.15, -0.1) is 11.8 Å². The van der Waals surface area contributed by atoms with Gasteiger partial charge < -0.3 is 11.1 Å². The van der Waals surface area contributed by atoms with Crippen molar-refractivity contribution in [3.63, 3.8) is 0 Å². The van der Waals surface area contributed by atoms with E-state index < -0.39 is 0 Å². The number of nitrogens with one attached hydrogen (secondary N) is 1. The number of carbonyl (C=O) groups is 1. The summed E-state index contributed by atoms with van der Waals surface area (Å²) in [5, 5.41) is 3.36. The Morgan fingerprint density at radius 2 is 2.14 bits per heavy atom. The first kappa shape index (κ1) is 15.9. The molecule has 0 radical (unpaired) electrons. The normalized spacial score (nSPS) is 10.4. The smallest absolute Gasteiger partial charge is 0.235 e. The summed E-state index contributed by atoms with van der Waals surface area (Å²) in [6, 6.07) is 7.22. The molecule has 0 atom stereocenters. The lowest BCUT2D eigenvalue weighted by Gasteiger charge is -2.08. The van der Waals surface area contributed by atoms with Crippen molar-refractivity contribution in [2.75, 3.05) is 16.8 Å². The van der Waals surface area contributed by atoms with Crippen LogP contribution in [-0.4, -0.2) is 16.6 Å². The van der Waals surface area contributed by atoms with Crippen molar-refractivity contribution in [2.24, 2.45) is 0 Å². The first-order chi connectivity index (χ1) is 9.95. The molecule has 0 saturated heterocycles. The topological polar surface area (TPSA) is 68.0 Å². The number of thioether (sulfide) groups is 1. The van der Waals surface area contributed by atoms with Gasteiger partial charge in [0.15, 0.2) is 5.82 Å². The van der Waals surface area contributed by atoms with Gasteiger partial charge >= 0.3 is 0 Å². The fourth-order valence-corrected chi connectivity index (χ4v) is 2.87. The largest absolute Gasteiger partial charge is 0.398 e. The molecule has 4 nitrogen and oxygen atoms in total. The van der Waals surface area contributed by atoms with Gasteiger partial charge in [-0.05, 0) is 30.7 Å². The number of rotatable bonds is 4. The number of benzene rings is 1. The van der Waals surface area contributed by atoms with Crippen molar-refractivity contribution >= 4 is 52.4 Å². The molecule has 3 N–H and O–H groups in total. The van der Waals surface area contributed by atoms with E-state index in [1.165, 1.54) is 24.0 Å². The van der Waals surface area contributed by atoms with Crippen molar-refractivity contribution in [3.8, 4) is 0 Å². The highest BCUT2D eigenvalue weighted by atomic mass is 35.5. The third kappa shape index (κ3) is 4.52. The predicted octanol–water partition coefficient (Wildman–Crippen LogP) is 4.01. The molecule has 2 rings (SSSR count). The average Bonchev–Trinajstić information content (AvgIpc) is 2.43. The van der Waals surface area contributed by atoms with E-state index in [2.05, 4.69) is 10.3 Å². The van der Waals surface area contributed by atoms with Gasteiger partial charge in [-0.1, -0.05) is 29.3 Å². The summed E-state index contributed by atoms with van der Waals surface area (Å²) >= 11 is 13.1. The van der Waals surface area contributed by atoms with Gasteiger partial charge in [0.2, 0.25) is 5.91 Å². The van der Waals surface area contributed by atoms with E-state index in [4.69, 9.17) is 28.9 Å². The Morgan fingerprint density at radius 1 is 1.38 bits per heavy atom. The quantitative estimate of drug-likeness (QED) is 0.651. The van der Waals surface area contributed by atoms with E-state index in [9.17, 15) is 4.79 Å².